The maximum absolute atomic E-state index is 12.1. The highest BCUT2D eigenvalue weighted by molar-refractivity contribution is 5.92. The molecule has 0 bridgehead atoms. The quantitative estimate of drug-likeness (QED) is 0.727. The third kappa shape index (κ3) is 4.81. The van der Waals surface area contributed by atoms with Crippen molar-refractivity contribution in [2.45, 2.75) is 13.3 Å². The van der Waals surface area contributed by atoms with Crippen LogP contribution in [-0.2, 0) is 4.79 Å². The second-order valence-corrected chi connectivity index (χ2v) is 4.11. The Balaban J connectivity index is 2.76. The van der Waals surface area contributed by atoms with Crippen molar-refractivity contribution in [3.8, 4) is 0 Å². The minimum Gasteiger partial charge on any atom is -0.478 e. The van der Waals surface area contributed by atoms with E-state index in [-0.39, 0.29) is 12.5 Å². The van der Waals surface area contributed by atoms with Gasteiger partial charge in [-0.15, -0.1) is 0 Å². The van der Waals surface area contributed by atoms with E-state index in [2.05, 4.69) is 4.98 Å². The molecule has 6 nitrogen and oxygen atoms in total. The smallest absolute Gasteiger partial charge is 0.328 e. The monoisotopic (exact) mass is 278 g/mol. The molecule has 6 heteroatoms. The molecule has 0 aliphatic carbocycles. The van der Waals surface area contributed by atoms with Crippen LogP contribution in [0.2, 0.25) is 0 Å². The molecule has 1 amide bonds. The summed E-state index contributed by atoms with van der Waals surface area (Å²) >= 11 is 0. The van der Waals surface area contributed by atoms with Gasteiger partial charge in [0.2, 0.25) is 0 Å². The van der Waals surface area contributed by atoms with E-state index in [0.717, 1.165) is 6.08 Å². The molecule has 0 aliphatic rings. The largest absolute Gasteiger partial charge is 0.478 e. The van der Waals surface area contributed by atoms with Gasteiger partial charge < -0.3 is 15.1 Å². The number of aliphatic hydroxyl groups is 1. The van der Waals surface area contributed by atoms with Crippen molar-refractivity contribution in [1.29, 1.82) is 0 Å². The van der Waals surface area contributed by atoms with E-state index < -0.39 is 5.97 Å². The summed E-state index contributed by atoms with van der Waals surface area (Å²) in [5.74, 6) is -1.24. The van der Waals surface area contributed by atoms with E-state index >= 15 is 0 Å². The van der Waals surface area contributed by atoms with Gasteiger partial charge in [-0.05, 0) is 31.1 Å². The molecule has 0 spiro atoms. The number of aromatic nitrogens is 1. The lowest BCUT2D eigenvalue weighted by Crippen LogP contribution is -2.32. The Kier molecular flexibility index (Phi) is 6.39. The first-order valence-electron chi connectivity index (χ1n) is 6.35. The van der Waals surface area contributed by atoms with Gasteiger partial charge in [0.15, 0.2) is 0 Å². The van der Waals surface area contributed by atoms with Crippen LogP contribution in [0.25, 0.3) is 6.08 Å². The first-order valence-corrected chi connectivity index (χ1v) is 6.35. The number of carbonyl (C=O) groups is 2. The minimum atomic E-state index is -1.04. The van der Waals surface area contributed by atoms with Crippen molar-refractivity contribution in [3.05, 3.63) is 35.7 Å². The molecule has 0 saturated heterocycles. The molecule has 0 radical (unpaired) electrons. The number of aliphatic hydroxyl groups excluding tert-OH is 1. The topological polar surface area (TPSA) is 90.7 Å². The lowest BCUT2D eigenvalue weighted by Gasteiger charge is -2.19. The van der Waals surface area contributed by atoms with Gasteiger partial charge in [0, 0.05) is 32.0 Å². The molecule has 0 saturated carbocycles. The van der Waals surface area contributed by atoms with Crippen LogP contribution >= 0.6 is 0 Å². The van der Waals surface area contributed by atoms with Gasteiger partial charge in [-0.25, -0.2) is 4.79 Å². The number of pyridine rings is 1. The Hall–Kier alpha value is -2.21. The van der Waals surface area contributed by atoms with Crippen LogP contribution in [0.3, 0.4) is 0 Å². The zero-order valence-electron chi connectivity index (χ0n) is 11.3. The van der Waals surface area contributed by atoms with Crippen molar-refractivity contribution in [1.82, 2.24) is 9.88 Å². The fourth-order valence-corrected chi connectivity index (χ4v) is 1.62. The molecule has 108 valence electrons. The third-order valence-corrected chi connectivity index (χ3v) is 2.68. The van der Waals surface area contributed by atoms with Crippen molar-refractivity contribution in [2.24, 2.45) is 0 Å². The zero-order valence-corrected chi connectivity index (χ0v) is 11.3. The van der Waals surface area contributed by atoms with Crippen LogP contribution in [0, 0.1) is 0 Å². The summed E-state index contributed by atoms with van der Waals surface area (Å²) in [6.45, 7) is 2.92. The lowest BCUT2D eigenvalue weighted by molar-refractivity contribution is -0.131. The van der Waals surface area contributed by atoms with E-state index in [9.17, 15) is 9.59 Å². The highest BCUT2D eigenvalue weighted by Crippen LogP contribution is 2.06. The van der Waals surface area contributed by atoms with Crippen LogP contribution in [0.4, 0.5) is 0 Å². The lowest BCUT2D eigenvalue weighted by atomic mass is 10.2. The van der Waals surface area contributed by atoms with Gasteiger partial charge in [-0.1, -0.05) is 6.07 Å². The fraction of sp³-hybridized carbons (Fsp3) is 0.357. The number of rotatable bonds is 7. The fourth-order valence-electron chi connectivity index (χ4n) is 1.62. The van der Waals surface area contributed by atoms with E-state index in [1.165, 1.54) is 12.3 Å². The SMILES string of the molecule is CCN(CCCO)C(=O)c1ccc(/C=C/C(=O)O)cn1. The highest BCUT2D eigenvalue weighted by Gasteiger charge is 2.14. The summed E-state index contributed by atoms with van der Waals surface area (Å²) in [7, 11) is 0. The average molecular weight is 278 g/mol. The maximum Gasteiger partial charge on any atom is 0.328 e. The second-order valence-electron chi connectivity index (χ2n) is 4.11. The van der Waals surface area contributed by atoms with Crippen LogP contribution in [0.15, 0.2) is 24.4 Å². The van der Waals surface area contributed by atoms with Gasteiger partial charge in [-0.3, -0.25) is 9.78 Å². The molecule has 0 aliphatic heterocycles. The first kappa shape index (κ1) is 15.8. The van der Waals surface area contributed by atoms with Gasteiger partial charge in [0.1, 0.15) is 5.69 Å². The molecule has 20 heavy (non-hydrogen) atoms. The third-order valence-electron chi connectivity index (χ3n) is 2.68. The Morgan fingerprint density at radius 3 is 2.65 bits per heavy atom. The van der Waals surface area contributed by atoms with Crippen molar-refractivity contribution < 1.29 is 19.8 Å². The summed E-state index contributed by atoms with van der Waals surface area (Å²) in [6, 6.07) is 3.20. The number of nitrogens with zero attached hydrogens (tertiary/aromatic N) is 2. The van der Waals surface area contributed by atoms with Crippen molar-refractivity contribution in [2.75, 3.05) is 19.7 Å². The minimum absolute atomic E-state index is 0.0378. The predicted molar refractivity (Wildman–Crippen MR) is 74.2 cm³/mol. The van der Waals surface area contributed by atoms with E-state index in [1.807, 2.05) is 6.92 Å². The summed E-state index contributed by atoms with van der Waals surface area (Å²) in [4.78, 5) is 28.2. The number of carboxylic acids is 1. The van der Waals surface area contributed by atoms with Crippen LogP contribution < -0.4 is 0 Å². The summed E-state index contributed by atoms with van der Waals surface area (Å²) < 4.78 is 0. The standard InChI is InChI=1S/C14H18N2O4/c1-2-16(8-3-9-17)14(20)12-6-4-11(10-15-12)5-7-13(18)19/h4-7,10,17H,2-3,8-9H2,1H3,(H,18,19)/b7-5+. The van der Waals surface area contributed by atoms with Crippen molar-refractivity contribution >= 4 is 18.0 Å². The molecule has 0 atom stereocenters. The molecule has 0 fully saturated rings. The number of hydrogen-bond acceptors (Lipinski definition) is 4. The normalized spacial score (nSPS) is 10.7. The van der Waals surface area contributed by atoms with Crippen LogP contribution in [0.1, 0.15) is 29.4 Å². The second kappa shape index (κ2) is 8.06. The summed E-state index contributed by atoms with van der Waals surface area (Å²) in [6.07, 6.45) is 4.40. The molecule has 2 N–H and O–H groups in total. The summed E-state index contributed by atoms with van der Waals surface area (Å²) in [5, 5.41) is 17.3. The van der Waals surface area contributed by atoms with Crippen LogP contribution in [-0.4, -0.2) is 51.7 Å². The highest BCUT2D eigenvalue weighted by atomic mass is 16.4. The molecular formula is C14H18N2O4. The number of amides is 1. The van der Waals surface area contributed by atoms with E-state index in [0.29, 0.717) is 30.8 Å². The summed E-state index contributed by atoms with van der Waals surface area (Å²) in [5.41, 5.74) is 0.916. The Labute approximate surface area is 117 Å². The molecule has 0 unspecified atom stereocenters. The number of carboxylic acid groups (broad SMARTS) is 1. The Bertz CT molecular complexity index is 482. The Morgan fingerprint density at radius 1 is 1.40 bits per heavy atom. The molecular weight excluding hydrogens is 260 g/mol. The van der Waals surface area contributed by atoms with Gasteiger partial charge in [0.25, 0.3) is 5.91 Å². The van der Waals surface area contributed by atoms with Gasteiger partial charge in [-0.2, -0.15) is 0 Å². The number of carbonyl (C=O) groups excluding carboxylic acids is 1. The molecule has 1 heterocycles. The van der Waals surface area contributed by atoms with Gasteiger partial charge >= 0.3 is 5.97 Å². The van der Waals surface area contributed by atoms with E-state index in [4.69, 9.17) is 10.2 Å². The molecule has 1 aromatic rings. The molecule has 1 aromatic heterocycles. The van der Waals surface area contributed by atoms with Crippen LogP contribution in [0.5, 0.6) is 0 Å². The molecule has 0 aromatic carbocycles. The average Bonchev–Trinajstić information content (AvgIpc) is 2.46. The predicted octanol–water partition coefficient (Wildman–Crippen LogP) is 1.02. The first-order chi connectivity index (χ1) is 9.58. The van der Waals surface area contributed by atoms with Gasteiger partial charge in [0.05, 0.1) is 0 Å². The zero-order chi connectivity index (χ0) is 15.0. The van der Waals surface area contributed by atoms with E-state index in [1.54, 1.807) is 17.0 Å². The maximum atomic E-state index is 12.1. The number of hydrogen-bond donors (Lipinski definition) is 2. The molecule has 1 rings (SSSR count). The Morgan fingerprint density at radius 2 is 2.15 bits per heavy atom. The number of aliphatic carboxylic acids is 1. The van der Waals surface area contributed by atoms with Crippen molar-refractivity contribution in [3.63, 3.8) is 0 Å².